The van der Waals surface area contributed by atoms with Crippen LogP contribution in [-0.2, 0) is 4.79 Å². The standard InChI is InChI=1S/C14H26N2O2/c1-2-14(9-6-10-15-14)13(18)16-11-7-4-3-5-8-12(11)17/h11-12,15,17H,2-10H2,1H3,(H,16,18). The van der Waals surface area contributed by atoms with Crippen LogP contribution in [0.1, 0.15) is 58.3 Å². The van der Waals surface area contributed by atoms with E-state index >= 15 is 0 Å². The molecule has 0 aromatic rings. The molecule has 3 unspecified atom stereocenters. The SMILES string of the molecule is CCC1(C(=O)NC2CCCCCC2O)CCCN1. The lowest BCUT2D eigenvalue weighted by Crippen LogP contribution is -2.57. The zero-order valence-electron chi connectivity index (χ0n) is 11.4. The van der Waals surface area contributed by atoms with Crippen molar-refractivity contribution in [3.05, 3.63) is 0 Å². The molecule has 1 saturated heterocycles. The molecule has 1 heterocycles. The van der Waals surface area contributed by atoms with Gasteiger partial charge in [0.1, 0.15) is 0 Å². The third-order valence-electron chi connectivity index (χ3n) is 4.58. The number of hydrogen-bond acceptors (Lipinski definition) is 3. The maximum atomic E-state index is 12.4. The van der Waals surface area contributed by atoms with Crippen molar-refractivity contribution in [1.29, 1.82) is 0 Å². The molecule has 2 aliphatic rings. The van der Waals surface area contributed by atoms with Gasteiger partial charge in [-0.3, -0.25) is 4.79 Å². The number of rotatable bonds is 3. The van der Waals surface area contributed by atoms with Gasteiger partial charge in [-0.05, 0) is 38.6 Å². The average Bonchev–Trinajstić information content (AvgIpc) is 2.78. The van der Waals surface area contributed by atoms with Crippen molar-refractivity contribution >= 4 is 5.91 Å². The van der Waals surface area contributed by atoms with Crippen LogP contribution in [0.4, 0.5) is 0 Å². The van der Waals surface area contributed by atoms with Crippen LogP contribution in [0.3, 0.4) is 0 Å². The molecule has 1 aliphatic carbocycles. The molecule has 0 spiro atoms. The Labute approximate surface area is 110 Å². The summed E-state index contributed by atoms with van der Waals surface area (Å²) in [6.45, 7) is 2.98. The topological polar surface area (TPSA) is 61.4 Å². The molecule has 3 N–H and O–H groups in total. The normalized spacial score (nSPS) is 37.2. The van der Waals surface area contributed by atoms with Gasteiger partial charge in [-0.2, -0.15) is 0 Å². The number of carbonyl (C=O) groups excluding carboxylic acids is 1. The lowest BCUT2D eigenvalue weighted by Gasteiger charge is -2.31. The Kier molecular flexibility index (Phi) is 4.62. The van der Waals surface area contributed by atoms with Gasteiger partial charge in [-0.15, -0.1) is 0 Å². The van der Waals surface area contributed by atoms with E-state index in [4.69, 9.17) is 0 Å². The molecule has 1 aliphatic heterocycles. The monoisotopic (exact) mass is 254 g/mol. The number of carbonyl (C=O) groups is 1. The van der Waals surface area contributed by atoms with Gasteiger partial charge in [0.2, 0.25) is 5.91 Å². The first-order chi connectivity index (χ1) is 8.68. The lowest BCUT2D eigenvalue weighted by atomic mass is 9.92. The molecule has 1 saturated carbocycles. The third kappa shape index (κ3) is 2.86. The molecule has 2 rings (SSSR count). The second-order valence-corrected chi connectivity index (χ2v) is 5.75. The summed E-state index contributed by atoms with van der Waals surface area (Å²) in [6.07, 6.45) is 7.50. The number of amides is 1. The molecule has 18 heavy (non-hydrogen) atoms. The Morgan fingerprint density at radius 3 is 2.78 bits per heavy atom. The number of nitrogens with one attached hydrogen (secondary N) is 2. The molecule has 4 nitrogen and oxygen atoms in total. The van der Waals surface area contributed by atoms with E-state index in [9.17, 15) is 9.90 Å². The third-order valence-corrected chi connectivity index (χ3v) is 4.58. The molecule has 0 radical (unpaired) electrons. The van der Waals surface area contributed by atoms with E-state index in [-0.39, 0.29) is 23.6 Å². The summed E-state index contributed by atoms with van der Waals surface area (Å²) in [5, 5.41) is 16.5. The number of hydrogen-bond donors (Lipinski definition) is 3. The van der Waals surface area contributed by atoms with Crippen LogP contribution in [0.15, 0.2) is 0 Å². The van der Waals surface area contributed by atoms with E-state index in [0.29, 0.717) is 0 Å². The van der Waals surface area contributed by atoms with Gasteiger partial charge < -0.3 is 15.7 Å². The van der Waals surface area contributed by atoms with Crippen LogP contribution in [0.2, 0.25) is 0 Å². The van der Waals surface area contributed by atoms with E-state index in [1.54, 1.807) is 0 Å². The first-order valence-electron chi connectivity index (χ1n) is 7.42. The zero-order valence-corrected chi connectivity index (χ0v) is 11.4. The Bertz CT molecular complexity index is 288. The summed E-state index contributed by atoms with van der Waals surface area (Å²) in [7, 11) is 0. The highest BCUT2D eigenvalue weighted by Gasteiger charge is 2.40. The van der Waals surface area contributed by atoms with Crippen LogP contribution < -0.4 is 10.6 Å². The Balaban J connectivity index is 1.96. The Morgan fingerprint density at radius 1 is 1.33 bits per heavy atom. The minimum atomic E-state index is -0.383. The van der Waals surface area contributed by atoms with Gasteiger partial charge in [-0.1, -0.05) is 26.2 Å². The van der Waals surface area contributed by atoms with Crippen molar-refractivity contribution in [3.8, 4) is 0 Å². The van der Waals surface area contributed by atoms with Gasteiger partial charge in [-0.25, -0.2) is 0 Å². The van der Waals surface area contributed by atoms with Gasteiger partial charge in [0.15, 0.2) is 0 Å². The summed E-state index contributed by atoms with van der Waals surface area (Å²) in [5.74, 6) is 0.0912. The molecule has 4 heteroatoms. The fourth-order valence-electron chi connectivity index (χ4n) is 3.23. The number of aliphatic hydroxyl groups is 1. The Morgan fingerprint density at radius 2 is 2.11 bits per heavy atom. The van der Waals surface area contributed by atoms with E-state index in [1.165, 1.54) is 6.42 Å². The van der Waals surface area contributed by atoms with Crippen molar-refractivity contribution in [1.82, 2.24) is 10.6 Å². The van der Waals surface area contributed by atoms with E-state index < -0.39 is 0 Å². The summed E-state index contributed by atoms with van der Waals surface area (Å²) >= 11 is 0. The molecular weight excluding hydrogens is 228 g/mol. The predicted molar refractivity (Wildman–Crippen MR) is 71.3 cm³/mol. The highest BCUT2D eigenvalue weighted by molar-refractivity contribution is 5.87. The second kappa shape index (κ2) is 6.02. The van der Waals surface area contributed by atoms with E-state index in [2.05, 4.69) is 17.6 Å². The average molecular weight is 254 g/mol. The fourth-order valence-corrected chi connectivity index (χ4v) is 3.23. The van der Waals surface area contributed by atoms with E-state index in [0.717, 1.165) is 51.5 Å². The second-order valence-electron chi connectivity index (χ2n) is 5.75. The summed E-state index contributed by atoms with van der Waals surface area (Å²) in [5.41, 5.74) is -0.383. The minimum absolute atomic E-state index is 0.0502. The van der Waals surface area contributed by atoms with Gasteiger partial charge in [0.05, 0.1) is 17.7 Å². The van der Waals surface area contributed by atoms with Crippen molar-refractivity contribution in [3.63, 3.8) is 0 Å². The summed E-state index contributed by atoms with van der Waals surface area (Å²) in [6, 6.07) is -0.0502. The quantitative estimate of drug-likeness (QED) is 0.666. The first-order valence-corrected chi connectivity index (χ1v) is 7.42. The van der Waals surface area contributed by atoms with Crippen LogP contribution >= 0.6 is 0 Å². The maximum absolute atomic E-state index is 12.4. The Hall–Kier alpha value is -0.610. The molecule has 1 amide bonds. The zero-order chi connectivity index (χ0) is 13.0. The maximum Gasteiger partial charge on any atom is 0.240 e. The van der Waals surface area contributed by atoms with E-state index in [1.807, 2.05) is 0 Å². The molecule has 0 aromatic carbocycles. The van der Waals surface area contributed by atoms with Gasteiger partial charge in [0, 0.05) is 0 Å². The molecular formula is C14H26N2O2. The minimum Gasteiger partial charge on any atom is -0.391 e. The molecule has 104 valence electrons. The van der Waals surface area contributed by atoms with Gasteiger partial charge in [0.25, 0.3) is 0 Å². The van der Waals surface area contributed by atoms with Crippen molar-refractivity contribution in [2.75, 3.05) is 6.54 Å². The molecule has 3 atom stereocenters. The van der Waals surface area contributed by atoms with Crippen LogP contribution in [0.25, 0.3) is 0 Å². The van der Waals surface area contributed by atoms with Crippen LogP contribution in [0, 0.1) is 0 Å². The highest BCUT2D eigenvalue weighted by Crippen LogP contribution is 2.25. The smallest absolute Gasteiger partial charge is 0.240 e. The van der Waals surface area contributed by atoms with Crippen LogP contribution in [-0.4, -0.2) is 35.2 Å². The van der Waals surface area contributed by atoms with Crippen LogP contribution in [0.5, 0.6) is 0 Å². The number of aliphatic hydroxyl groups excluding tert-OH is 1. The lowest BCUT2D eigenvalue weighted by molar-refractivity contribution is -0.129. The van der Waals surface area contributed by atoms with Crippen molar-refractivity contribution < 1.29 is 9.90 Å². The molecule has 0 aromatic heterocycles. The first kappa shape index (κ1) is 13.8. The summed E-state index contributed by atoms with van der Waals surface area (Å²) in [4.78, 5) is 12.4. The van der Waals surface area contributed by atoms with Crippen molar-refractivity contribution in [2.24, 2.45) is 0 Å². The largest absolute Gasteiger partial charge is 0.391 e. The van der Waals surface area contributed by atoms with Gasteiger partial charge >= 0.3 is 0 Å². The molecule has 0 bridgehead atoms. The molecule has 2 fully saturated rings. The fraction of sp³-hybridized carbons (Fsp3) is 0.929. The van der Waals surface area contributed by atoms with Crippen molar-refractivity contribution in [2.45, 2.75) is 76.0 Å². The predicted octanol–water partition coefficient (Wildman–Crippen LogP) is 1.33. The summed E-state index contributed by atoms with van der Waals surface area (Å²) < 4.78 is 0. The highest BCUT2D eigenvalue weighted by atomic mass is 16.3.